The monoisotopic (exact) mass is 243 g/mol. The molecule has 1 amide bonds. The van der Waals surface area contributed by atoms with Crippen LogP contribution in [-0.4, -0.2) is 15.9 Å². The van der Waals surface area contributed by atoms with Crippen molar-refractivity contribution in [2.75, 3.05) is 5.32 Å². The van der Waals surface area contributed by atoms with Crippen LogP contribution >= 0.6 is 0 Å². The normalized spacial score (nSPS) is 10.1. The van der Waals surface area contributed by atoms with E-state index < -0.39 is 5.91 Å². The molecule has 0 atom stereocenters. The smallest absolute Gasteiger partial charge is 0.274 e. The molecule has 18 heavy (non-hydrogen) atoms. The Kier molecular flexibility index (Phi) is 3.23. The van der Waals surface area contributed by atoms with Gasteiger partial charge < -0.3 is 10.3 Å². The van der Waals surface area contributed by atoms with E-state index in [1.165, 1.54) is 12.4 Å². The number of aromatic amines is 1. The predicted octanol–water partition coefficient (Wildman–Crippen LogP) is 1.64. The van der Waals surface area contributed by atoms with Crippen LogP contribution in [0.4, 0.5) is 5.69 Å². The molecule has 0 aliphatic rings. The van der Waals surface area contributed by atoms with Crippen molar-refractivity contribution in [2.45, 2.75) is 13.8 Å². The average Bonchev–Trinajstić information content (AvgIpc) is 2.34. The van der Waals surface area contributed by atoms with Crippen molar-refractivity contribution in [2.24, 2.45) is 0 Å². The number of aryl methyl sites for hydroxylation is 2. The number of carbonyl (C=O) groups excluding carboxylic acids is 1. The van der Waals surface area contributed by atoms with Crippen molar-refractivity contribution in [1.29, 1.82) is 0 Å². The summed E-state index contributed by atoms with van der Waals surface area (Å²) >= 11 is 0. The number of anilines is 1. The first-order valence-electron chi connectivity index (χ1n) is 5.49. The minimum atomic E-state index is -0.394. The molecule has 0 radical (unpaired) electrons. The lowest BCUT2D eigenvalue weighted by Gasteiger charge is -2.08. The quantitative estimate of drug-likeness (QED) is 0.842. The number of amides is 1. The van der Waals surface area contributed by atoms with Crippen LogP contribution in [0.1, 0.15) is 21.6 Å². The lowest BCUT2D eigenvalue weighted by atomic mass is 10.1. The summed E-state index contributed by atoms with van der Waals surface area (Å²) in [6.45, 7) is 3.85. The van der Waals surface area contributed by atoms with Gasteiger partial charge in [-0.15, -0.1) is 0 Å². The number of aromatic nitrogens is 2. The van der Waals surface area contributed by atoms with Crippen molar-refractivity contribution in [3.8, 4) is 0 Å². The molecule has 1 heterocycles. The van der Waals surface area contributed by atoms with E-state index in [2.05, 4.69) is 15.3 Å². The summed E-state index contributed by atoms with van der Waals surface area (Å²) in [5.74, 6) is -0.394. The van der Waals surface area contributed by atoms with E-state index in [1.807, 2.05) is 32.0 Å². The molecule has 92 valence electrons. The van der Waals surface area contributed by atoms with Gasteiger partial charge in [0.25, 0.3) is 11.5 Å². The zero-order valence-corrected chi connectivity index (χ0v) is 10.2. The molecule has 2 rings (SSSR count). The fraction of sp³-hybridized carbons (Fsp3) is 0.154. The summed E-state index contributed by atoms with van der Waals surface area (Å²) in [7, 11) is 0. The average molecular weight is 243 g/mol. The number of hydrogen-bond acceptors (Lipinski definition) is 3. The third-order valence-electron chi connectivity index (χ3n) is 2.55. The molecular formula is C13H13N3O2. The highest BCUT2D eigenvalue weighted by Crippen LogP contribution is 2.16. The Morgan fingerprint density at radius 1 is 1.28 bits per heavy atom. The van der Waals surface area contributed by atoms with Gasteiger partial charge in [0, 0.05) is 11.8 Å². The highest BCUT2D eigenvalue weighted by Gasteiger charge is 2.09. The number of carbonyl (C=O) groups is 1. The summed E-state index contributed by atoms with van der Waals surface area (Å²) in [4.78, 5) is 29.2. The molecule has 0 spiro atoms. The minimum absolute atomic E-state index is 0.0969. The van der Waals surface area contributed by atoms with E-state index in [-0.39, 0.29) is 11.3 Å². The third-order valence-corrected chi connectivity index (χ3v) is 2.55. The molecular weight excluding hydrogens is 230 g/mol. The Morgan fingerprint density at radius 2 is 2.06 bits per heavy atom. The van der Waals surface area contributed by atoms with Crippen LogP contribution in [0.3, 0.4) is 0 Å². The standard InChI is InChI=1S/C13H13N3O2/c1-8-3-4-9(2)10(5-8)16-13(18)11-6-12(17)15-7-14-11/h3-7H,1-2H3,(H,16,18)(H,14,15,17). The molecule has 5 nitrogen and oxygen atoms in total. The molecule has 0 bridgehead atoms. The number of hydrogen-bond donors (Lipinski definition) is 2. The molecule has 0 fully saturated rings. The number of nitrogens with one attached hydrogen (secondary N) is 2. The Bertz CT molecular complexity index is 647. The maximum atomic E-state index is 11.9. The fourth-order valence-electron chi connectivity index (χ4n) is 1.55. The van der Waals surface area contributed by atoms with Gasteiger partial charge in [0.1, 0.15) is 5.69 Å². The summed E-state index contributed by atoms with van der Waals surface area (Å²) < 4.78 is 0. The molecule has 1 aromatic heterocycles. The molecule has 0 unspecified atom stereocenters. The number of nitrogens with zero attached hydrogens (tertiary/aromatic N) is 1. The van der Waals surface area contributed by atoms with Gasteiger partial charge in [0.15, 0.2) is 0 Å². The second-order valence-corrected chi connectivity index (χ2v) is 4.07. The molecule has 0 aliphatic carbocycles. The van der Waals surface area contributed by atoms with Crippen LogP contribution in [0.15, 0.2) is 35.4 Å². The van der Waals surface area contributed by atoms with Crippen LogP contribution in [-0.2, 0) is 0 Å². The van der Waals surface area contributed by atoms with Gasteiger partial charge in [-0.05, 0) is 31.0 Å². The molecule has 5 heteroatoms. The van der Waals surface area contributed by atoms with Gasteiger partial charge in [-0.2, -0.15) is 0 Å². The largest absolute Gasteiger partial charge is 0.320 e. The molecule has 2 aromatic rings. The second kappa shape index (κ2) is 4.83. The Balaban J connectivity index is 2.26. The second-order valence-electron chi connectivity index (χ2n) is 4.07. The van der Waals surface area contributed by atoms with Gasteiger partial charge in [-0.25, -0.2) is 4.98 Å². The Morgan fingerprint density at radius 3 is 2.78 bits per heavy atom. The third kappa shape index (κ3) is 2.63. The Hall–Kier alpha value is -2.43. The highest BCUT2D eigenvalue weighted by atomic mass is 16.2. The first-order chi connectivity index (χ1) is 8.56. The van der Waals surface area contributed by atoms with Gasteiger partial charge in [-0.1, -0.05) is 12.1 Å². The molecule has 0 saturated heterocycles. The van der Waals surface area contributed by atoms with E-state index in [1.54, 1.807) is 0 Å². The van der Waals surface area contributed by atoms with Crippen LogP contribution in [0, 0.1) is 13.8 Å². The van der Waals surface area contributed by atoms with E-state index in [4.69, 9.17) is 0 Å². The number of H-pyrrole nitrogens is 1. The van der Waals surface area contributed by atoms with Crippen molar-refractivity contribution >= 4 is 11.6 Å². The highest BCUT2D eigenvalue weighted by molar-refractivity contribution is 6.03. The topological polar surface area (TPSA) is 74.8 Å². The SMILES string of the molecule is Cc1ccc(C)c(NC(=O)c2cc(=O)[nH]cn2)c1. The first-order valence-corrected chi connectivity index (χ1v) is 5.49. The van der Waals surface area contributed by atoms with E-state index in [0.29, 0.717) is 0 Å². The zero-order valence-electron chi connectivity index (χ0n) is 10.2. The van der Waals surface area contributed by atoms with E-state index in [0.717, 1.165) is 16.8 Å². The van der Waals surface area contributed by atoms with Gasteiger partial charge in [-0.3, -0.25) is 9.59 Å². The van der Waals surface area contributed by atoms with Crippen molar-refractivity contribution in [1.82, 2.24) is 9.97 Å². The molecule has 0 aliphatic heterocycles. The maximum absolute atomic E-state index is 11.9. The number of rotatable bonds is 2. The van der Waals surface area contributed by atoms with Gasteiger partial charge >= 0.3 is 0 Å². The van der Waals surface area contributed by atoms with Crippen LogP contribution in [0.5, 0.6) is 0 Å². The maximum Gasteiger partial charge on any atom is 0.274 e. The lowest BCUT2D eigenvalue weighted by molar-refractivity contribution is 0.102. The van der Waals surface area contributed by atoms with Crippen molar-refractivity contribution in [3.05, 3.63) is 57.8 Å². The summed E-state index contributed by atoms with van der Waals surface area (Å²) in [6, 6.07) is 6.94. The summed E-state index contributed by atoms with van der Waals surface area (Å²) in [5, 5.41) is 2.74. The zero-order chi connectivity index (χ0) is 13.1. The van der Waals surface area contributed by atoms with E-state index >= 15 is 0 Å². The fourth-order valence-corrected chi connectivity index (χ4v) is 1.55. The van der Waals surface area contributed by atoms with Crippen LogP contribution in [0.2, 0.25) is 0 Å². The number of benzene rings is 1. The summed E-state index contributed by atoms with van der Waals surface area (Å²) in [6.07, 6.45) is 1.21. The van der Waals surface area contributed by atoms with Gasteiger partial charge in [0.05, 0.1) is 6.33 Å². The summed E-state index contributed by atoms with van der Waals surface area (Å²) in [5.41, 5.74) is 2.48. The Labute approximate surface area is 104 Å². The lowest BCUT2D eigenvalue weighted by Crippen LogP contribution is -2.18. The van der Waals surface area contributed by atoms with Crippen LogP contribution in [0.25, 0.3) is 0 Å². The van der Waals surface area contributed by atoms with Gasteiger partial charge in [0.2, 0.25) is 0 Å². The molecule has 1 aromatic carbocycles. The first kappa shape index (κ1) is 12.0. The van der Waals surface area contributed by atoms with E-state index in [9.17, 15) is 9.59 Å². The minimum Gasteiger partial charge on any atom is -0.320 e. The molecule has 0 saturated carbocycles. The van der Waals surface area contributed by atoms with Crippen molar-refractivity contribution < 1.29 is 4.79 Å². The predicted molar refractivity (Wildman–Crippen MR) is 68.7 cm³/mol. The molecule has 2 N–H and O–H groups in total. The van der Waals surface area contributed by atoms with Crippen molar-refractivity contribution in [3.63, 3.8) is 0 Å². The van der Waals surface area contributed by atoms with Crippen LogP contribution < -0.4 is 10.9 Å².